The number of thiol groups is 2. The van der Waals surface area contributed by atoms with Crippen LogP contribution in [0.2, 0.25) is 0 Å². The Kier molecular flexibility index (Phi) is 16.8. The van der Waals surface area contributed by atoms with Crippen molar-refractivity contribution in [2.45, 2.75) is 0 Å². The van der Waals surface area contributed by atoms with E-state index in [2.05, 4.69) is 25.3 Å². The second kappa shape index (κ2) is 10.4. The van der Waals surface area contributed by atoms with E-state index in [1.165, 1.54) is 0 Å². The van der Waals surface area contributed by atoms with Gasteiger partial charge in [0.05, 0.1) is 0 Å². The van der Waals surface area contributed by atoms with Crippen LogP contribution in [0.25, 0.3) is 0 Å². The molecule has 0 aliphatic heterocycles. The molecular weight excluding hydrogens is 135 g/mol. The Labute approximate surface area is 79.4 Å². The van der Waals surface area contributed by atoms with Gasteiger partial charge in [-0.25, -0.2) is 0 Å². The van der Waals surface area contributed by atoms with Crippen LogP contribution in [0.5, 0.6) is 0 Å². The second-order valence-corrected chi connectivity index (χ2v) is 1.57. The van der Waals surface area contributed by atoms with Crippen LogP contribution in [-0.2, 0) is 0 Å². The van der Waals surface area contributed by atoms with Gasteiger partial charge < -0.3 is 1.43 Å². The Hall–Kier alpha value is 1.44. The third-order valence-electron chi connectivity index (χ3n) is 0.377. The summed E-state index contributed by atoms with van der Waals surface area (Å²) in [5, 5.41) is 0. The molecule has 0 fully saturated rings. The standard InChI is InChI=1S/C4H8S2.Na.H/c5-3-1-2-4-6;;/h1-2,5-6H,3-4H2;;/q;+1;-1. The summed E-state index contributed by atoms with van der Waals surface area (Å²) in [5.74, 6) is 1.64. The fourth-order valence-corrected chi connectivity index (χ4v) is 0.447. The van der Waals surface area contributed by atoms with Crippen molar-refractivity contribution in [2.24, 2.45) is 0 Å². The average Bonchev–Trinajstić information content (AvgIpc) is 1.61. The predicted octanol–water partition coefficient (Wildman–Crippen LogP) is -1.48. The van der Waals surface area contributed by atoms with Gasteiger partial charge in [0.15, 0.2) is 0 Å². The molecular formula is C4H9NaS2. The van der Waals surface area contributed by atoms with Crippen molar-refractivity contribution in [3.63, 3.8) is 0 Å². The maximum Gasteiger partial charge on any atom is 1.00 e. The van der Waals surface area contributed by atoms with Gasteiger partial charge in [-0.1, -0.05) is 12.2 Å². The topological polar surface area (TPSA) is 0 Å². The molecule has 0 unspecified atom stereocenters. The van der Waals surface area contributed by atoms with Gasteiger partial charge in [-0.2, -0.15) is 25.3 Å². The van der Waals surface area contributed by atoms with Gasteiger partial charge in [-0.3, -0.25) is 0 Å². The third-order valence-corrected chi connectivity index (χ3v) is 0.799. The first-order chi connectivity index (χ1) is 2.91. The summed E-state index contributed by atoms with van der Waals surface area (Å²) in [5.41, 5.74) is 0. The van der Waals surface area contributed by atoms with Crippen LogP contribution in [0.3, 0.4) is 0 Å². The molecule has 0 aliphatic rings. The van der Waals surface area contributed by atoms with E-state index in [4.69, 9.17) is 0 Å². The zero-order valence-electron chi connectivity index (χ0n) is 5.46. The van der Waals surface area contributed by atoms with Crippen molar-refractivity contribution in [3.05, 3.63) is 12.2 Å². The van der Waals surface area contributed by atoms with E-state index in [-0.39, 0.29) is 31.0 Å². The molecule has 0 bridgehead atoms. The molecule has 0 rings (SSSR count). The molecule has 0 saturated carbocycles. The number of hydrogen-bond acceptors (Lipinski definition) is 2. The van der Waals surface area contributed by atoms with Crippen LogP contribution >= 0.6 is 25.3 Å². The van der Waals surface area contributed by atoms with Crippen molar-refractivity contribution in [1.29, 1.82) is 0 Å². The Morgan fingerprint density at radius 3 is 1.57 bits per heavy atom. The molecule has 0 nitrogen and oxygen atoms in total. The zero-order valence-corrected chi connectivity index (χ0v) is 8.25. The molecule has 0 aromatic rings. The van der Waals surface area contributed by atoms with Crippen molar-refractivity contribution < 1.29 is 31.0 Å². The molecule has 0 saturated heterocycles. The minimum absolute atomic E-state index is 0. The smallest absolute Gasteiger partial charge is 1.00 e. The van der Waals surface area contributed by atoms with Gasteiger partial charge in [-0.05, 0) is 0 Å². The molecule has 0 radical (unpaired) electrons. The molecule has 38 valence electrons. The largest absolute Gasteiger partial charge is 1.00 e. The summed E-state index contributed by atoms with van der Waals surface area (Å²) in [7, 11) is 0. The first-order valence-corrected chi connectivity index (χ1v) is 3.05. The van der Waals surface area contributed by atoms with Gasteiger partial charge in [0, 0.05) is 11.5 Å². The van der Waals surface area contributed by atoms with Crippen LogP contribution in [0.15, 0.2) is 12.2 Å². The van der Waals surface area contributed by atoms with Gasteiger partial charge in [0.1, 0.15) is 0 Å². The van der Waals surface area contributed by atoms with E-state index in [1.54, 1.807) is 0 Å². The summed E-state index contributed by atoms with van der Waals surface area (Å²) >= 11 is 7.87. The molecule has 0 aromatic carbocycles. The van der Waals surface area contributed by atoms with E-state index in [0.717, 1.165) is 11.5 Å². The molecule has 7 heavy (non-hydrogen) atoms. The van der Waals surface area contributed by atoms with Crippen molar-refractivity contribution in [2.75, 3.05) is 11.5 Å². The summed E-state index contributed by atoms with van der Waals surface area (Å²) in [6.45, 7) is 0. The molecule has 3 heteroatoms. The number of hydrogen-bond donors (Lipinski definition) is 2. The summed E-state index contributed by atoms with van der Waals surface area (Å²) in [6.07, 6.45) is 3.94. The monoisotopic (exact) mass is 144 g/mol. The van der Waals surface area contributed by atoms with E-state index < -0.39 is 0 Å². The van der Waals surface area contributed by atoms with E-state index in [9.17, 15) is 0 Å². The predicted molar refractivity (Wildman–Crippen MR) is 38.0 cm³/mol. The average molecular weight is 144 g/mol. The third kappa shape index (κ3) is 11.2. The molecule has 0 aliphatic carbocycles. The Balaban J connectivity index is -0.000000125. The minimum atomic E-state index is 0. The molecule has 0 aromatic heterocycles. The van der Waals surface area contributed by atoms with Gasteiger partial charge in [-0.15, -0.1) is 0 Å². The fraction of sp³-hybridized carbons (Fsp3) is 0.500. The second-order valence-electron chi connectivity index (χ2n) is 0.837. The van der Waals surface area contributed by atoms with E-state index >= 15 is 0 Å². The molecule has 0 heterocycles. The van der Waals surface area contributed by atoms with Gasteiger partial charge in [0.25, 0.3) is 0 Å². The van der Waals surface area contributed by atoms with E-state index in [1.807, 2.05) is 12.2 Å². The van der Waals surface area contributed by atoms with Gasteiger partial charge >= 0.3 is 29.6 Å². The van der Waals surface area contributed by atoms with Crippen LogP contribution in [-0.4, -0.2) is 11.5 Å². The first kappa shape index (κ1) is 11.3. The summed E-state index contributed by atoms with van der Waals surface area (Å²) in [4.78, 5) is 0. The minimum Gasteiger partial charge on any atom is -1.00 e. The Morgan fingerprint density at radius 2 is 1.43 bits per heavy atom. The van der Waals surface area contributed by atoms with Gasteiger partial charge in [0.2, 0.25) is 0 Å². The van der Waals surface area contributed by atoms with E-state index in [0.29, 0.717) is 0 Å². The molecule has 0 spiro atoms. The van der Waals surface area contributed by atoms with Crippen LogP contribution < -0.4 is 29.6 Å². The Morgan fingerprint density at radius 1 is 1.14 bits per heavy atom. The SMILES string of the molecule is SCC=CCS.[H-].[Na+]. The normalized spacial score (nSPS) is 8.86. The summed E-state index contributed by atoms with van der Waals surface area (Å²) in [6, 6.07) is 0. The van der Waals surface area contributed by atoms with Crippen molar-refractivity contribution in [3.8, 4) is 0 Å². The van der Waals surface area contributed by atoms with Crippen LogP contribution in [0, 0.1) is 0 Å². The fourth-order valence-electron chi connectivity index (χ4n) is 0.149. The van der Waals surface area contributed by atoms with Crippen LogP contribution in [0.4, 0.5) is 0 Å². The molecule has 0 atom stereocenters. The maximum atomic E-state index is 3.93. The van der Waals surface area contributed by atoms with Crippen molar-refractivity contribution >= 4 is 25.3 Å². The summed E-state index contributed by atoms with van der Waals surface area (Å²) < 4.78 is 0. The zero-order chi connectivity index (χ0) is 4.83. The maximum absolute atomic E-state index is 3.93. The first-order valence-electron chi connectivity index (χ1n) is 1.78. The Bertz CT molecular complexity index is 43.3. The quantitative estimate of drug-likeness (QED) is 0.263. The molecule has 0 amide bonds. The molecule has 0 N–H and O–H groups in total. The van der Waals surface area contributed by atoms with Crippen molar-refractivity contribution in [1.82, 2.24) is 0 Å². The number of rotatable bonds is 2. The van der Waals surface area contributed by atoms with Crippen LogP contribution in [0.1, 0.15) is 1.43 Å².